The summed E-state index contributed by atoms with van der Waals surface area (Å²) in [4.78, 5) is 4.37. The maximum absolute atomic E-state index is 5.58. The monoisotopic (exact) mass is 263 g/mol. The Hall–Kier alpha value is -1.29. The number of hydrogen-bond acceptors (Lipinski definition) is 4. The molecule has 1 aliphatic rings. The number of nitrogens with zero attached hydrogens (tertiary/aromatic N) is 1. The zero-order valence-electron chi connectivity index (χ0n) is 12.2. The lowest BCUT2D eigenvalue weighted by atomic mass is 9.77. The first-order valence-electron chi connectivity index (χ1n) is 7.18. The molecule has 0 bridgehead atoms. The van der Waals surface area contributed by atoms with Gasteiger partial charge >= 0.3 is 0 Å². The molecule has 0 amide bonds. The predicted octanol–water partition coefficient (Wildman–Crippen LogP) is 2.67. The van der Waals surface area contributed by atoms with Crippen molar-refractivity contribution in [3.63, 3.8) is 0 Å². The summed E-state index contributed by atoms with van der Waals surface area (Å²) in [5.74, 6) is 1.67. The molecule has 19 heavy (non-hydrogen) atoms. The van der Waals surface area contributed by atoms with Crippen LogP contribution in [0.2, 0.25) is 0 Å². The van der Waals surface area contributed by atoms with E-state index in [0.29, 0.717) is 18.1 Å². The van der Waals surface area contributed by atoms with Gasteiger partial charge in [0.2, 0.25) is 0 Å². The quantitative estimate of drug-likeness (QED) is 0.857. The van der Waals surface area contributed by atoms with E-state index in [-0.39, 0.29) is 0 Å². The van der Waals surface area contributed by atoms with E-state index < -0.39 is 0 Å². The molecule has 1 fully saturated rings. The highest BCUT2D eigenvalue weighted by atomic mass is 16.5. The normalized spacial score (nSPS) is 21.9. The van der Waals surface area contributed by atoms with E-state index in [0.717, 1.165) is 24.7 Å². The molecule has 1 atom stereocenters. The van der Waals surface area contributed by atoms with E-state index in [1.165, 1.54) is 12.8 Å². The van der Waals surface area contributed by atoms with Gasteiger partial charge in [-0.05, 0) is 43.9 Å². The standard InChI is InChI=1S/C15H25N3O/c1-4-19-12-7-5-9-17-14(12)18-11-13-15(2,3)8-6-10-16-13/h5,7,9,13,16H,4,6,8,10-11H2,1-3H3,(H,17,18). The lowest BCUT2D eigenvalue weighted by Gasteiger charge is -2.39. The Bertz CT molecular complexity index is 406. The molecule has 1 aromatic heterocycles. The number of aromatic nitrogens is 1. The predicted molar refractivity (Wildman–Crippen MR) is 78.7 cm³/mol. The fraction of sp³-hybridized carbons (Fsp3) is 0.667. The summed E-state index contributed by atoms with van der Waals surface area (Å²) in [6.07, 6.45) is 4.33. The van der Waals surface area contributed by atoms with Crippen LogP contribution in [0.3, 0.4) is 0 Å². The van der Waals surface area contributed by atoms with Crippen molar-refractivity contribution in [2.24, 2.45) is 5.41 Å². The van der Waals surface area contributed by atoms with E-state index in [2.05, 4.69) is 29.5 Å². The van der Waals surface area contributed by atoms with E-state index in [4.69, 9.17) is 4.74 Å². The Kier molecular flexibility index (Phi) is 4.64. The van der Waals surface area contributed by atoms with Gasteiger partial charge in [0, 0.05) is 18.8 Å². The Morgan fingerprint density at radius 1 is 1.53 bits per heavy atom. The molecule has 0 aromatic carbocycles. The Morgan fingerprint density at radius 3 is 3.11 bits per heavy atom. The maximum Gasteiger partial charge on any atom is 0.168 e. The van der Waals surface area contributed by atoms with Gasteiger partial charge in [-0.25, -0.2) is 4.98 Å². The van der Waals surface area contributed by atoms with Gasteiger partial charge in [0.1, 0.15) is 0 Å². The second-order valence-corrected chi connectivity index (χ2v) is 5.76. The Morgan fingerprint density at radius 2 is 2.37 bits per heavy atom. The summed E-state index contributed by atoms with van der Waals surface area (Å²) < 4.78 is 5.58. The number of ether oxygens (including phenoxy) is 1. The average molecular weight is 263 g/mol. The van der Waals surface area contributed by atoms with Crippen molar-refractivity contribution >= 4 is 5.82 Å². The zero-order chi connectivity index (χ0) is 13.7. The molecule has 106 valence electrons. The van der Waals surface area contributed by atoms with Crippen LogP contribution in [0.15, 0.2) is 18.3 Å². The van der Waals surface area contributed by atoms with Crippen LogP contribution in [0.5, 0.6) is 5.75 Å². The van der Waals surface area contributed by atoms with Crippen LogP contribution < -0.4 is 15.4 Å². The molecule has 1 aromatic rings. The Labute approximate surface area is 116 Å². The SMILES string of the molecule is CCOc1cccnc1NCC1NCCCC1(C)C. The summed E-state index contributed by atoms with van der Waals surface area (Å²) in [6.45, 7) is 9.29. The zero-order valence-corrected chi connectivity index (χ0v) is 12.2. The van der Waals surface area contributed by atoms with Crippen LogP contribution in [0.1, 0.15) is 33.6 Å². The highest BCUT2D eigenvalue weighted by molar-refractivity contribution is 5.49. The third-order valence-electron chi connectivity index (χ3n) is 3.88. The molecule has 0 radical (unpaired) electrons. The molecular weight excluding hydrogens is 238 g/mol. The van der Waals surface area contributed by atoms with Crippen LogP contribution in [0.4, 0.5) is 5.82 Å². The molecule has 2 N–H and O–H groups in total. The Balaban J connectivity index is 1.98. The number of hydrogen-bond donors (Lipinski definition) is 2. The molecule has 2 rings (SSSR count). The molecule has 0 aliphatic carbocycles. The van der Waals surface area contributed by atoms with Gasteiger partial charge in [-0.1, -0.05) is 13.8 Å². The molecule has 4 heteroatoms. The van der Waals surface area contributed by atoms with Gasteiger partial charge in [-0.15, -0.1) is 0 Å². The van der Waals surface area contributed by atoms with Gasteiger partial charge in [0.25, 0.3) is 0 Å². The highest BCUT2D eigenvalue weighted by Gasteiger charge is 2.31. The van der Waals surface area contributed by atoms with E-state index in [9.17, 15) is 0 Å². The first kappa shape index (κ1) is 14.1. The smallest absolute Gasteiger partial charge is 0.168 e. The van der Waals surface area contributed by atoms with Gasteiger partial charge < -0.3 is 15.4 Å². The summed E-state index contributed by atoms with van der Waals surface area (Å²) in [5, 5.41) is 7.02. The first-order chi connectivity index (χ1) is 9.13. The largest absolute Gasteiger partial charge is 0.490 e. The first-order valence-corrected chi connectivity index (χ1v) is 7.18. The molecule has 1 saturated heterocycles. The van der Waals surface area contributed by atoms with Crippen LogP contribution in [0.25, 0.3) is 0 Å². The van der Waals surface area contributed by atoms with Crippen molar-refractivity contribution in [3.05, 3.63) is 18.3 Å². The molecule has 4 nitrogen and oxygen atoms in total. The lowest BCUT2D eigenvalue weighted by Crippen LogP contribution is -2.50. The summed E-state index contributed by atoms with van der Waals surface area (Å²) in [7, 11) is 0. The van der Waals surface area contributed by atoms with Crippen LogP contribution >= 0.6 is 0 Å². The number of piperidine rings is 1. The van der Waals surface area contributed by atoms with Crippen molar-refractivity contribution in [1.82, 2.24) is 10.3 Å². The molecular formula is C15H25N3O. The van der Waals surface area contributed by atoms with Crippen LogP contribution in [0, 0.1) is 5.41 Å². The number of rotatable bonds is 5. The van der Waals surface area contributed by atoms with Gasteiger partial charge in [0.05, 0.1) is 6.61 Å². The number of anilines is 1. The number of pyridine rings is 1. The second kappa shape index (κ2) is 6.24. The topological polar surface area (TPSA) is 46.2 Å². The summed E-state index contributed by atoms with van der Waals surface area (Å²) in [6, 6.07) is 4.33. The van der Waals surface area contributed by atoms with E-state index >= 15 is 0 Å². The van der Waals surface area contributed by atoms with E-state index in [1.54, 1.807) is 6.20 Å². The van der Waals surface area contributed by atoms with Crippen molar-refractivity contribution in [1.29, 1.82) is 0 Å². The molecule has 0 saturated carbocycles. The van der Waals surface area contributed by atoms with Gasteiger partial charge in [0.15, 0.2) is 11.6 Å². The fourth-order valence-corrected chi connectivity index (χ4v) is 2.61. The maximum atomic E-state index is 5.58. The fourth-order valence-electron chi connectivity index (χ4n) is 2.61. The third-order valence-corrected chi connectivity index (χ3v) is 3.88. The average Bonchev–Trinajstić information content (AvgIpc) is 2.39. The minimum Gasteiger partial charge on any atom is -0.490 e. The van der Waals surface area contributed by atoms with Gasteiger partial charge in [-0.2, -0.15) is 0 Å². The lowest BCUT2D eigenvalue weighted by molar-refractivity contribution is 0.188. The van der Waals surface area contributed by atoms with E-state index in [1.807, 2.05) is 19.1 Å². The third kappa shape index (κ3) is 3.60. The van der Waals surface area contributed by atoms with Crippen LogP contribution in [-0.2, 0) is 0 Å². The van der Waals surface area contributed by atoms with Gasteiger partial charge in [-0.3, -0.25) is 0 Å². The summed E-state index contributed by atoms with van der Waals surface area (Å²) in [5.41, 5.74) is 0.325. The molecule has 0 spiro atoms. The van der Waals surface area contributed by atoms with Crippen molar-refractivity contribution in [2.45, 2.75) is 39.7 Å². The van der Waals surface area contributed by atoms with Crippen molar-refractivity contribution < 1.29 is 4.74 Å². The highest BCUT2D eigenvalue weighted by Crippen LogP contribution is 2.30. The van der Waals surface area contributed by atoms with Crippen molar-refractivity contribution in [3.8, 4) is 5.75 Å². The minimum absolute atomic E-state index is 0.325. The summed E-state index contributed by atoms with van der Waals surface area (Å²) >= 11 is 0. The number of nitrogens with one attached hydrogen (secondary N) is 2. The van der Waals surface area contributed by atoms with Crippen molar-refractivity contribution in [2.75, 3.05) is 25.0 Å². The second-order valence-electron chi connectivity index (χ2n) is 5.76. The molecule has 2 heterocycles. The molecule has 1 unspecified atom stereocenters. The molecule has 1 aliphatic heterocycles. The van der Waals surface area contributed by atoms with Crippen LogP contribution in [-0.4, -0.2) is 30.7 Å². The minimum atomic E-state index is 0.325.